The van der Waals surface area contributed by atoms with E-state index in [4.69, 9.17) is 10.5 Å². The van der Waals surface area contributed by atoms with Gasteiger partial charge in [-0.15, -0.1) is 0 Å². The summed E-state index contributed by atoms with van der Waals surface area (Å²) in [6, 6.07) is 0.764. The number of nitrogens with one attached hydrogen (secondary N) is 1. The first-order valence-corrected chi connectivity index (χ1v) is 7.23. The van der Waals surface area contributed by atoms with Crippen molar-refractivity contribution < 1.29 is 4.74 Å². The third-order valence-corrected chi connectivity index (χ3v) is 4.38. The molecule has 0 amide bonds. The Hall–Kier alpha value is -1.01. The molecule has 0 unspecified atom stereocenters. The van der Waals surface area contributed by atoms with Crippen LogP contribution in [0.4, 0.5) is 10.8 Å². The number of anilines is 2. The highest BCUT2D eigenvalue weighted by Gasteiger charge is 2.19. The summed E-state index contributed by atoms with van der Waals surface area (Å²) < 4.78 is 9.30. The smallest absolute Gasteiger partial charge is 0.197 e. The van der Waals surface area contributed by atoms with Crippen LogP contribution in [0.3, 0.4) is 0 Å². The highest BCUT2D eigenvalue weighted by molar-refractivity contribution is 7.11. The van der Waals surface area contributed by atoms with Gasteiger partial charge in [0.25, 0.3) is 0 Å². The van der Waals surface area contributed by atoms with Crippen LogP contribution in [0.15, 0.2) is 0 Å². The van der Waals surface area contributed by atoms with Gasteiger partial charge in [-0.3, -0.25) is 0 Å². The highest BCUT2D eigenvalue weighted by atomic mass is 32.1. The Labute approximate surface area is 112 Å². The molecule has 1 aromatic heterocycles. The van der Waals surface area contributed by atoms with E-state index in [1.54, 1.807) is 7.11 Å². The second-order valence-electron chi connectivity index (χ2n) is 4.78. The van der Waals surface area contributed by atoms with E-state index >= 15 is 0 Å². The number of nitrogens with two attached hydrogens (primary N) is 1. The van der Waals surface area contributed by atoms with Crippen molar-refractivity contribution in [2.45, 2.75) is 31.7 Å². The number of nitrogens with zero attached hydrogens (tertiary/aromatic N) is 2. The molecule has 18 heavy (non-hydrogen) atoms. The molecule has 0 aliphatic heterocycles. The van der Waals surface area contributed by atoms with Crippen LogP contribution in [0.1, 0.15) is 25.7 Å². The first-order chi connectivity index (χ1) is 8.72. The number of nitrogen functional groups attached to an aromatic ring is 1. The van der Waals surface area contributed by atoms with E-state index in [0.29, 0.717) is 11.6 Å². The largest absolute Gasteiger partial charge is 0.490 e. The molecular formula is C12H22N4OS. The molecule has 5 nitrogen and oxygen atoms in total. The molecule has 0 radical (unpaired) electrons. The fourth-order valence-corrected chi connectivity index (χ4v) is 3.19. The monoisotopic (exact) mass is 270 g/mol. The van der Waals surface area contributed by atoms with E-state index in [2.05, 4.69) is 21.6 Å². The molecule has 1 fully saturated rings. The van der Waals surface area contributed by atoms with E-state index in [9.17, 15) is 0 Å². The van der Waals surface area contributed by atoms with Crippen LogP contribution in [0, 0.1) is 0 Å². The molecule has 1 saturated carbocycles. The first-order valence-electron chi connectivity index (χ1n) is 6.45. The number of rotatable bonds is 6. The topological polar surface area (TPSA) is 63.4 Å². The van der Waals surface area contributed by atoms with Crippen LogP contribution in [-0.2, 0) is 0 Å². The van der Waals surface area contributed by atoms with E-state index in [0.717, 1.165) is 24.1 Å². The van der Waals surface area contributed by atoms with Crippen molar-refractivity contribution in [3.05, 3.63) is 0 Å². The van der Waals surface area contributed by atoms with Gasteiger partial charge in [0.2, 0.25) is 0 Å². The molecule has 0 spiro atoms. The number of methoxy groups -OCH3 is 1. The van der Waals surface area contributed by atoms with E-state index in [1.807, 2.05) is 0 Å². The summed E-state index contributed by atoms with van der Waals surface area (Å²) in [6.07, 6.45) is 5.43. The number of aromatic nitrogens is 1. The SMILES string of the molecule is COc1c(N)nsc1NCCN(C)C1CCCC1. The van der Waals surface area contributed by atoms with Crippen LogP contribution in [0.2, 0.25) is 0 Å². The van der Waals surface area contributed by atoms with Crippen LogP contribution >= 0.6 is 11.5 Å². The highest BCUT2D eigenvalue weighted by Crippen LogP contribution is 2.34. The molecule has 6 heteroatoms. The Kier molecular flexibility index (Phi) is 4.66. The number of likely N-dealkylation sites (N-methyl/N-ethyl adjacent to an activating group) is 1. The van der Waals surface area contributed by atoms with Gasteiger partial charge in [0.05, 0.1) is 7.11 Å². The number of ether oxygens (including phenoxy) is 1. The Morgan fingerprint density at radius 2 is 2.22 bits per heavy atom. The normalized spacial score (nSPS) is 16.4. The van der Waals surface area contributed by atoms with Crippen molar-refractivity contribution >= 4 is 22.4 Å². The number of hydrogen-bond donors (Lipinski definition) is 2. The van der Waals surface area contributed by atoms with E-state index in [1.165, 1.54) is 37.2 Å². The van der Waals surface area contributed by atoms with Gasteiger partial charge in [-0.1, -0.05) is 12.8 Å². The van der Waals surface area contributed by atoms with Crippen LogP contribution in [0.5, 0.6) is 5.75 Å². The van der Waals surface area contributed by atoms with E-state index in [-0.39, 0.29) is 0 Å². The molecule has 0 atom stereocenters. The average Bonchev–Trinajstić information content (AvgIpc) is 2.99. The van der Waals surface area contributed by atoms with Gasteiger partial charge in [0, 0.05) is 19.1 Å². The van der Waals surface area contributed by atoms with Gasteiger partial charge in [-0.25, -0.2) is 0 Å². The van der Waals surface area contributed by atoms with Gasteiger partial charge in [-0.2, -0.15) is 4.37 Å². The third kappa shape index (κ3) is 3.05. The summed E-state index contributed by atoms with van der Waals surface area (Å²) in [7, 11) is 3.83. The summed E-state index contributed by atoms with van der Waals surface area (Å²) in [4.78, 5) is 2.44. The van der Waals surface area contributed by atoms with Crippen LogP contribution in [-0.4, -0.2) is 42.6 Å². The zero-order valence-electron chi connectivity index (χ0n) is 11.1. The molecule has 1 aliphatic rings. The Morgan fingerprint density at radius 1 is 1.50 bits per heavy atom. The van der Waals surface area contributed by atoms with Gasteiger partial charge >= 0.3 is 0 Å². The van der Waals surface area contributed by atoms with Gasteiger partial charge in [0.15, 0.2) is 16.6 Å². The van der Waals surface area contributed by atoms with Gasteiger partial charge in [0.1, 0.15) is 0 Å². The fourth-order valence-electron chi connectivity index (χ4n) is 2.48. The lowest BCUT2D eigenvalue weighted by Gasteiger charge is -2.23. The molecule has 102 valence electrons. The molecule has 1 aliphatic carbocycles. The molecule has 1 aromatic rings. The summed E-state index contributed by atoms with van der Waals surface area (Å²) >= 11 is 1.36. The van der Waals surface area contributed by atoms with Gasteiger partial charge < -0.3 is 20.7 Å². The Balaban J connectivity index is 1.77. The summed E-state index contributed by atoms with van der Waals surface area (Å²) in [6.45, 7) is 1.93. The first kappa shape index (κ1) is 13.4. The molecule has 1 heterocycles. The van der Waals surface area contributed by atoms with Crippen molar-refractivity contribution in [1.29, 1.82) is 0 Å². The molecule has 0 bridgehead atoms. The second-order valence-corrected chi connectivity index (χ2v) is 5.55. The van der Waals surface area contributed by atoms with Crippen molar-refractivity contribution in [1.82, 2.24) is 9.27 Å². The minimum absolute atomic E-state index is 0.467. The minimum atomic E-state index is 0.467. The lowest BCUT2D eigenvalue weighted by Crippen LogP contribution is -2.33. The third-order valence-electron chi connectivity index (χ3n) is 3.58. The maximum Gasteiger partial charge on any atom is 0.197 e. The summed E-state index contributed by atoms with van der Waals surface area (Å²) in [5.41, 5.74) is 5.71. The van der Waals surface area contributed by atoms with Crippen molar-refractivity contribution in [3.8, 4) is 5.75 Å². The predicted molar refractivity (Wildman–Crippen MR) is 76.5 cm³/mol. The van der Waals surface area contributed by atoms with Crippen LogP contribution < -0.4 is 15.8 Å². The fraction of sp³-hybridized carbons (Fsp3) is 0.750. The zero-order chi connectivity index (χ0) is 13.0. The molecule has 0 saturated heterocycles. The quantitative estimate of drug-likeness (QED) is 0.828. The lowest BCUT2D eigenvalue weighted by molar-refractivity contribution is 0.254. The molecule has 3 N–H and O–H groups in total. The lowest BCUT2D eigenvalue weighted by atomic mass is 10.2. The van der Waals surface area contributed by atoms with E-state index < -0.39 is 0 Å². The Morgan fingerprint density at radius 3 is 2.89 bits per heavy atom. The molecule has 2 rings (SSSR count). The predicted octanol–water partition coefficient (Wildman–Crippen LogP) is 2.02. The summed E-state index contributed by atoms with van der Waals surface area (Å²) in [5.74, 6) is 1.14. The zero-order valence-corrected chi connectivity index (χ0v) is 11.9. The van der Waals surface area contributed by atoms with Crippen LogP contribution in [0.25, 0.3) is 0 Å². The van der Waals surface area contributed by atoms with Crippen molar-refractivity contribution in [2.24, 2.45) is 0 Å². The second kappa shape index (κ2) is 6.24. The van der Waals surface area contributed by atoms with Crippen molar-refractivity contribution in [3.63, 3.8) is 0 Å². The number of hydrogen-bond acceptors (Lipinski definition) is 6. The van der Waals surface area contributed by atoms with Crippen molar-refractivity contribution in [2.75, 3.05) is 38.3 Å². The molecular weight excluding hydrogens is 248 g/mol. The van der Waals surface area contributed by atoms with Gasteiger partial charge in [-0.05, 0) is 31.4 Å². The maximum atomic E-state index is 5.71. The average molecular weight is 270 g/mol. The standard InChI is InChI=1S/C12H22N4OS/c1-16(9-5-3-4-6-9)8-7-14-12-10(17-2)11(13)15-18-12/h9,14H,3-8H2,1-2H3,(H2,13,15). The molecule has 0 aromatic carbocycles. The maximum absolute atomic E-state index is 5.71. The Bertz CT molecular complexity index is 376. The summed E-state index contributed by atoms with van der Waals surface area (Å²) in [5, 5.41) is 4.27. The minimum Gasteiger partial charge on any atom is -0.490 e.